The quantitative estimate of drug-likeness (QED) is 0.813. The number of carbonyl (C=O) groups excluding carboxylic acids is 1. The Morgan fingerprint density at radius 2 is 2.15 bits per heavy atom. The maximum atomic E-state index is 13.6. The molecule has 1 aliphatic carbocycles. The average molecular weight is 281 g/mol. The molecule has 1 aromatic rings. The van der Waals surface area contributed by atoms with Crippen molar-refractivity contribution >= 4 is 17.6 Å². The van der Waals surface area contributed by atoms with Crippen molar-refractivity contribution < 1.29 is 23.8 Å². The summed E-state index contributed by atoms with van der Waals surface area (Å²) in [6, 6.07) is 4.01. The molecule has 6 heteroatoms. The van der Waals surface area contributed by atoms with Crippen LogP contribution in [0.25, 0.3) is 0 Å². The van der Waals surface area contributed by atoms with Crippen LogP contribution in [0.3, 0.4) is 0 Å². The highest BCUT2D eigenvalue weighted by Crippen LogP contribution is 2.42. The van der Waals surface area contributed by atoms with E-state index < -0.39 is 23.1 Å². The van der Waals surface area contributed by atoms with Crippen molar-refractivity contribution in [1.82, 2.24) is 0 Å². The number of carboxylic acid groups (broad SMARTS) is 1. The molecule has 0 radical (unpaired) electrons. The average Bonchev–Trinajstić information content (AvgIpc) is 2.30. The van der Waals surface area contributed by atoms with Crippen LogP contribution in [-0.2, 0) is 9.59 Å². The number of nitrogens with one attached hydrogen (secondary N) is 1. The summed E-state index contributed by atoms with van der Waals surface area (Å²) in [5.74, 6) is -2.22. The normalized spacial score (nSPS) is 16.1. The lowest BCUT2D eigenvalue weighted by Gasteiger charge is -2.35. The van der Waals surface area contributed by atoms with Crippen LogP contribution in [0.4, 0.5) is 10.1 Å². The Labute approximate surface area is 115 Å². The number of amides is 1. The summed E-state index contributed by atoms with van der Waals surface area (Å²) in [7, 11) is 0. The van der Waals surface area contributed by atoms with Gasteiger partial charge < -0.3 is 15.2 Å². The maximum Gasteiger partial charge on any atom is 0.319 e. The third kappa shape index (κ3) is 2.45. The highest BCUT2D eigenvalue weighted by molar-refractivity contribution is 6.09. The summed E-state index contributed by atoms with van der Waals surface area (Å²) in [6.07, 6.45) is 1.33. The summed E-state index contributed by atoms with van der Waals surface area (Å²) in [5, 5.41) is 11.6. The maximum absolute atomic E-state index is 13.6. The molecule has 1 amide bonds. The van der Waals surface area contributed by atoms with Gasteiger partial charge >= 0.3 is 5.97 Å². The number of hydrogen-bond donors (Lipinski definition) is 2. The van der Waals surface area contributed by atoms with E-state index in [0.29, 0.717) is 25.9 Å². The van der Waals surface area contributed by atoms with E-state index in [1.165, 1.54) is 12.1 Å². The van der Waals surface area contributed by atoms with E-state index >= 15 is 0 Å². The second-order valence-corrected chi connectivity index (χ2v) is 4.77. The Hall–Kier alpha value is -2.11. The fraction of sp³-hybridized carbons (Fsp3) is 0.429. The standard InChI is InChI=1S/C14H16FNO4/c1-2-20-11-5-4-9(8-10(11)15)16-12(17)14(13(18)19)6-3-7-14/h4-5,8H,2-3,6-7H2,1H3,(H,16,17)(H,18,19). The molecule has 0 bridgehead atoms. The fourth-order valence-corrected chi connectivity index (χ4v) is 2.17. The van der Waals surface area contributed by atoms with Crippen LogP contribution < -0.4 is 10.1 Å². The third-order valence-electron chi connectivity index (χ3n) is 3.54. The first kappa shape index (κ1) is 14.3. The highest BCUT2D eigenvalue weighted by Gasteiger charge is 2.51. The topological polar surface area (TPSA) is 75.6 Å². The molecular formula is C14H16FNO4. The lowest BCUT2D eigenvalue weighted by molar-refractivity contribution is -0.159. The van der Waals surface area contributed by atoms with Crippen LogP contribution in [0.15, 0.2) is 18.2 Å². The first-order chi connectivity index (χ1) is 9.49. The van der Waals surface area contributed by atoms with Gasteiger partial charge in [-0.1, -0.05) is 6.42 Å². The van der Waals surface area contributed by atoms with Crippen LogP contribution in [0.5, 0.6) is 5.75 Å². The Bertz CT molecular complexity index is 540. The minimum absolute atomic E-state index is 0.0992. The number of benzene rings is 1. The number of carboxylic acids is 1. The van der Waals surface area contributed by atoms with E-state index in [2.05, 4.69) is 5.32 Å². The number of rotatable bonds is 5. The van der Waals surface area contributed by atoms with Gasteiger partial charge in [0.05, 0.1) is 6.61 Å². The predicted molar refractivity (Wildman–Crippen MR) is 70.1 cm³/mol. The Morgan fingerprint density at radius 1 is 1.45 bits per heavy atom. The monoisotopic (exact) mass is 281 g/mol. The SMILES string of the molecule is CCOc1ccc(NC(=O)C2(C(=O)O)CCC2)cc1F. The Kier molecular flexibility index (Phi) is 3.92. The summed E-state index contributed by atoms with van der Waals surface area (Å²) in [5.41, 5.74) is -1.14. The van der Waals surface area contributed by atoms with Gasteiger partial charge in [0.1, 0.15) is 5.41 Å². The second-order valence-electron chi connectivity index (χ2n) is 4.77. The molecule has 20 heavy (non-hydrogen) atoms. The van der Waals surface area contributed by atoms with Gasteiger partial charge in [-0.2, -0.15) is 0 Å². The number of aliphatic carboxylic acids is 1. The van der Waals surface area contributed by atoms with Gasteiger partial charge in [-0.25, -0.2) is 4.39 Å². The van der Waals surface area contributed by atoms with Crippen LogP contribution in [0.1, 0.15) is 26.2 Å². The van der Waals surface area contributed by atoms with E-state index in [-0.39, 0.29) is 11.4 Å². The summed E-state index contributed by atoms with van der Waals surface area (Å²) >= 11 is 0. The molecule has 1 saturated carbocycles. The molecule has 0 unspecified atom stereocenters. The fourth-order valence-electron chi connectivity index (χ4n) is 2.17. The van der Waals surface area contributed by atoms with E-state index in [1.54, 1.807) is 6.92 Å². The van der Waals surface area contributed by atoms with Crippen LogP contribution in [0, 0.1) is 11.2 Å². The zero-order valence-electron chi connectivity index (χ0n) is 11.1. The Balaban J connectivity index is 2.12. The molecule has 2 rings (SSSR count). The van der Waals surface area contributed by atoms with Crippen molar-refractivity contribution in [3.8, 4) is 5.75 Å². The molecule has 0 saturated heterocycles. The van der Waals surface area contributed by atoms with E-state index in [0.717, 1.165) is 6.07 Å². The highest BCUT2D eigenvalue weighted by atomic mass is 19.1. The van der Waals surface area contributed by atoms with Gasteiger partial charge in [0.2, 0.25) is 5.91 Å². The van der Waals surface area contributed by atoms with E-state index in [4.69, 9.17) is 9.84 Å². The van der Waals surface area contributed by atoms with Gasteiger partial charge in [0.15, 0.2) is 11.6 Å². The van der Waals surface area contributed by atoms with Gasteiger partial charge in [0.25, 0.3) is 0 Å². The number of ether oxygens (including phenoxy) is 1. The molecule has 1 fully saturated rings. The lowest BCUT2D eigenvalue weighted by Crippen LogP contribution is -2.48. The van der Waals surface area contributed by atoms with Gasteiger partial charge in [-0.15, -0.1) is 0 Å². The van der Waals surface area contributed by atoms with Crippen molar-refractivity contribution in [1.29, 1.82) is 0 Å². The number of carbonyl (C=O) groups is 2. The number of anilines is 1. The first-order valence-electron chi connectivity index (χ1n) is 6.47. The number of hydrogen-bond acceptors (Lipinski definition) is 3. The molecular weight excluding hydrogens is 265 g/mol. The van der Waals surface area contributed by atoms with Gasteiger partial charge in [0, 0.05) is 11.8 Å². The van der Waals surface area contributed by atoms with Crippen molar-refractivity contribution in [2.45, 2.75) is 26.2 Å². The minimum atomic E-state index is -1.37. The van der Waals surface area contributed by atoms with Crippen molar-refractivity contribution in [2.75, 3.05) is 11.9 Å². The second kappa shape index (κ2) is 5.48. The summed E-state index contributed by atoms with van der Waals surface area (Å²) in [4.78, 5) is 23.2. The smallest absolute Gasteiger partial charge is 0.319 e. The van der Waals surface area contributed by atoms with Crippen molar-refractivity contribution in [3.63, 3.8) is 0 Å². The molecule has 0 heterocycles. The molecule has 0 spiro atoms. The Morgan fingerprint density at radius 3 is 2.60 bits per heavy atom. The molecule has 0 atom stereocenters. The predicted octanol–water partition coefficient (Wildman–Crippen LogP) is 2.42. The zero-order valence-corrected chi connectivity index (χ0v) is 11.1. The first-order valence-corrected chi connectivity index (χ1v) is 6.47. The van der Waals surface area contributed by atoms with Gasteiger partial charge in [-0.3, -0.25) is 9.59 Å². The lowest BCUT2D eigenvalue weighted by atomic mass is 9.68. The van der Waals surface area contributed by atoms with E-state index in [1.807, 2.05) is 0 Å². The molecule has 0 aromatic heterocycles. The zero-order chi connectivity index (χ0) is 14.8. The molecule has 1 aromatic carbocycles. The molecule has 2 N–H and O–H groups in total. The molecule has 5 nitrogen and oxygen atoms in total. The third-order valence-corrected chi connectivity index (χ3v) is 3.54. The molecule has 108 valence electrons. The van der Waals surface area contributed by atoms with Crippen molar-refractivity contribution in [2.24, 2.45) is 5.41 Å². The van der Waals surface area contributed by atoms with Crippen LogP contribution in [-0.4, -0.2) is 23.6 Å². The minimum Gasteiger partial charge on any atom is -0.491 e. The van der Waals surface area contributed by atoms with Crippen molar-refractivity contribution in [3.05, 3.63) is 24.0 Å². The molecule has 1 aliphatic rings. The van der Waals surface area contributed by atoms with Crippen LogP contribution in [0.2, 0.25) is 0 Å². The summed E-state index contributed by atoms with van der Waals surface area (Å²) in [6.45, 7) is 2.08. The number of halogens is 1. The largest absolute Gasteiger partial charge is 0.491 e. The van der Waals surface area contributed by atoms with E-state index in [9.17, 15) is 14.0 Å². The van der Waals surface area contributed by atoms with Crippen LogP contribution >= 0.6 is 0 Å². The van der Waals surface area contributed by atoms with Gasteiger partial charge in [-0.05, 0) is 31.9 Å². The molecule has 0 aliphatic heterocycles. The summed E-state index contributed by atoms with van der Waals surface area (Å²) < 4.78 is 18.7.